The molecule has 7 atom stereocenters. The summed E-state index contributed by atoms with van der Waals surface area (Å²) in [6, 6.07) is 0. The van der Waals surface area contributed by atoms with Gasteiger partial charge in [-0.05, 0) is 44.3 Å². The van der Waals surface area contributed by atoms with Crippen LogP contribution in [0.25, 0.3) is 0 Å². The summed E-state index contributed by atoms with van der Waals surface area (Å²) >= 11 is 0. The third-order valence-electron chi connectivity index (χ3n) is 7.29. The van der Waals surface area contributed by atoms with Gasteiger partial charge in [0.2, 0.25) is 11.6 Å². The highest BCUT2D eigenvalue weighted by molar-refractivity contribution is 6.23. The molecule has 2 rings (SSSR count). The van der Waals surface area contributed by atoms with Crippen molar-refractivity contribution >= 4 is 23.6 Å². The fourth-order valence-electron chi connectivity index (χ4n) is 5.15. The number of Topliss-reactive ketones (excluding diaryl/α,β-unsaturated/α-hetero) is 1. The molecule has 0 saturated carbocycles. The number of carbonyl (C=O) groups excluding carboxylic acids is 4. The van der Waals surface area contributed by atoms with E-state index in [0.29, 0.717) is 12.0 Å². The Morgan fingerprint density at radius 3 is 2.20 bits per heavy atom. The number of ketones is 2. The smallest absolute Gasteiger partial charge is 0.405 e. The van der Waals surface area contributed by atoms with Crippen molar-refractivity contribution in [1.29, 1.82) is 0 Å². The van der Waals surface area contributed by atoms with Crippen molar-refractivity contribution in [2.75, 3.05) is 21.3 Å². The van der Waals surface area contributed by atoms with Crippen LogP contribution in [-0.2, 0) is 33.3 Å². The van der Waals surface area contributed by atoms with Crippen LogP contribution in [0.1, 0.15) is 47.0 Å². The van der Waals surface area contributed by atoms with Gasteiger partial charge < -0.3 is 40.2 Å². The molecule has 12 nitrogen and oxygen atoms in total. The molecule has 0 aromatic heterocycles. The second-order valence-electron chi connectivity index (χ2n) is 10.6. The molecule has 0 aromatic carbocycles. The minimum Gasteiger partial charge on any atom is -0.492 e. The lowest BCUT2D eigenvalue weighted by molar-refractivity contribution is -0.121. The van der Waals surface area contributed by atoms with Gasteiger partial charge >= 0.3 is 6.09 Å². The van der Waals surface area contributed by atoms with Crippen LogP contribution in [0.15, 0.2) is 46.4 Å². The number of rotatable bonds is 4. The average Bonchev–Trinajstić information content (AvgIpc) is 2.90. The van der Waals surface area contributed by atoms with Crippen LogP contribution in [0.2, 0.25) is 0 Å². The molecular formula is C29H42N2O10. The van der Waals surface area contributed by atoms with E-state index in [-0.39, 0.29) is 41.4 Å². The monoisotopic (exact) mass is 578 g/mol. The minimum absolute atomic E-state index is 0.0715. The van der Waals surface area contributed by atoms with Crippen molar-refractivity contribution in [2.45, 2.75) is 77.5 Å². The summed E-state index contributed by atoms with van der Waals surface area (Å²) in [7, 11) is 4.12. The molecule has 0 saturated heterocycles. The molecule has 12 heteroatoms. The molecule has 1 aliphatic heterocycles. The molecule has 228 valence electrons. The van der Waals surface area contributed by atoms with E-state index in [4.69, 9.17) is 24.7 Å². The van der Waals surface area contributed by atoms with Gasteiger partial charge in [-0.25, -0.2) is 4.79 Å². The quantitative estimate of drug-likeness (QED) is 0.282. The van der Waals surface area contributed by atoms with Crippen molar-refractivity contribution < 1.29 is 48.3 Å². The van der Waals surface area contributed by atoms with E-state index in [1.165, 1.54) is 34.3 Å². The Hall–Kier alpha value is -3.32. The van der Waals surface area contributed by atoms with E-state index in [0.717, 1.165) is 6.08 Å². The zero-order chi connectivity index (χ0) is 31.0. The zero-order valence-corrected chi connectivity index (χ0v) is 24.6. The number of aliphatic hydroxyl groups excluding tert-OH is 2. The molecule has 0 unspecified atom stereocenters. The number of aliphatic hydroxyl groups is 2. The highest BCUT2D eigenvalue weighted by Crippen LogP contribution is 2.29. The molecule has 1 aliphatic carbocycles. The Kier molecular flexibility index (Phi) is 12.4. The fraction of sp³-hybridized carbons (Fsp3) is 0.586. The number of methoxy groups -OCH3 is 3. The molecular weight excluding hydrogens is 536 g/mol. The van der Waals surface area contributed by atoms with Gasteiger partial charge in [0.05, 0.1) is 31.1 Å². The van der Waals surface area contributed by atoms with Crippen LogP contribution < -0.4 is 11.1 Å². The highest BCUT2D eigenvalue weighted by atomic mass is 16.6. The first kappa shape index (κ1) is 33.9. The molecule has 0 spiro atoms. The number of ether oxygens (including phenoxy) is 4. The number of allylic oxidation sites excluding steroid dienone is 2. The predicted octanol–water partition coefficient (Wildman–Crippen LogP) is 1.60. The van der Waals surface area contributed by atoms with Crippen LogP contribution in [0.3, 0.4) is 0 Å². The minimum atomic E-state index is -1.23. The molecule has 2 bridgehead atoms. The third kappa shape index (κ3) is 8.83. The summed E-state index contributed by atoms with van der Waals surface area (Å²) in [6.07, 6.45) is -1.49. The van der Waals surface area contributed by atoms with E-state index >= 15 is 0 Å². The van der Waals surface area contributed by atoms with E-state index in [2.05, 4.69) is 5.32 Å². The van der Waals surface area contributed by atoms with Gasteiger partial charge in [0, 0.05) is 43.8 Å². The lowest BCUT2D eigenvalue weighted by atomic mass is 9.85. The summed E-state index contributed by atoms with van der Waals surface area (Å²) in [6.45, 7) is 6.73. The summed E-state index contributed by atoms with van der Waals surface area (Å²) in [5, 5.41) is 24.4. The molecule has 2 amide bonds. The van der Waals surface area contributed by atoms with Crippen LogP contribution in [-0.4, -0.2) is 85.6 Å². The predicted molar refractivity (Wildman–Crippen MR) is 148 cm³/mol. The number of carbonyl (C=O) groups is 4. The van der Waals surface area contributed by atoms with Gasteiger partial charge in [-0.1, -0.05) is 19.9 Å². The molecule has 2 aliphatic rings. The number of fused-ring (bicyclic) bond motifs is 2. The largest absolute Gasteiger partial charge is 0.492 e. The van der Waals surface area contributed by atoms with Crippen molar-refractivity contribution in [2.24, 2.45) is 17.6 Å². The topological polar surface area (TPSA) is 184 Å². The molecule has 5 N–H and O–H groups in total. The molecule has 1 heterocycles. The van der Waals surface area contributed by atoms with Gasteiger partial charge in [-0.3, -0.25) is 14.4 Å². The van der Waals surface area contributed by atoms with Gasteiger partial charge in [0.15, 0.2) is 11.9 Å². The van der Waals surface area contributed by atoms with Crippen LogP contribution >= 0.6 is 0 Å². The Morgan fingerprint density at radius 1 is 1.00 bits per heavy atom. The first-order chi connectivity index (χ1) is 19.2. The number of amides is 2. The van der Waals surface area contributed by atoms with Crippen molar-refractivity contribution in [3.8, 4) is 0 Å². The van der Waals surface area contributed by atoms with Crippen LogP contribution in [0.4, 0.5) is 4.79 Å². The van der Waals surface area contributed by atoms with E-state index < -0.39 is 60.0 Å². The van der Waals surface area contributed by atoms with Gasteiger partial charge in [-0.2, -0.15) is 0 Å². The van der Waals surface area contributed by atoms with Crippen molar-refractivity contribution in [3.63, 3.8) is 0 Å². The number of primary amides is 1. The summed E-state index contributed by atoms with van der Waals surface area (Å²) in [4.78, 5) is 50.8. The highest BCUT2D eigenvalue weighted by Gasteiger charge is 2.34. The second-order valence-corrected chi connectivity index (χ2v) is 10.6. The summed E-state index contributed by atoms with van der Waals surface area (Å²) in [5.41, 5.74) is 5.79. The van der Waals surface area contributed by atoms with Crippen molar-refractivity contribution in [1.82, 2.24) is 5.32 Å². The van der Waals surface area contributed by atoms with E-state index in [9.17, 15) is 29.4 Å². The third-order valence-corrected chi connectivity index (χ3v) is 7.29. The number of nitrogens with two attached hydrogens (primary N) is 1. The first-order valence-corrected chi connectivity index (χ1v) is 13.4. The number of nitrogens with one attached hydrogen (secondary N) is 1. The molecule has 0 aromatic rings. The van der Waals surface area contributed by atoms with Gasteiger partial charge in [0.1, 0.15) is 6.10 Å². The second kappa shape index (κ2) is 15.1. The fourth-order valence-corrected chi connectivity index (χ4v) is 5.15. The van der Waals surface area contributed by atoms with Crippen molar-refractivity contribution in [3.05, 3.63) is 46.4 Å². The van der Waals surface area contributed by atoms with E-state index in [1.54, 1.807) is 19.9 Å². The molecule has 41 heavy (non-hydrogen) atoms. The normalized spacial score (nSPS) is 33.6. The summed E-state index contributed by atoms with van der Waals surface area (Å²) in [5.74, 6) is -2.68. The first-order valence-electron chi connectivity index (χ1n) is 13.4. The number of hydrogen-bond donors (Lipinski definition) is 4. The maximum atomic E-state index is 13.4. The van der Waals surface area contributed by atoms with Crippen LogP contribution in [0.5, 0.6) is 0 Å². The molecule has 0 fully saturated rings. The number of hydrogen-bond acceptors (Lipinski definition) is 10. The zero-order valence-electron chi connectivity index (χ0n) is 24.6. The Morgan fingerprint density at radius 2 is 1.63 bits per heavy atom. The SMILES string of the molecule is COC1=C2C[C@@H](C)C[C@H](OC)[C@H](O)[C@@H](C)/C=C(/C)[C@H](OC(N)=O)[C@@H](OC)C[C@H](O)/C=C(/C)C(=O)NC(=CC1=O)C2=O. The Labute approximate surface area is 240 Å². The summed E-state index contributed by atoms with van der Waals surface area (Å²) < 4.78 is 21.7. The standard InChI is InChI=1S/C29H42N2O10/c1-14-8-19-25(35)20(13-21(33)27(19)40-7)31-28(36)17(4)11-18(32)12-23(39-6)26(41-29(30)37)16(3)10-15(2)24(34)22(9-14)38-5/h10-11,13-15,18,22-24,26,32,34H,8-9,12H2,1-7H3,(H2,30,37)(H,31,36)/b16-10-,17-11-/t14-,15+,18-,22+,23+,24-,26+/m1/s1. The van der Waals surface area contributed by atoms with Gasteiger partial charge in [-0.15, -0.1) is 0 Å². The molecule has 0 radical (unpaired) electrons. The Balaban J connectivity index is 2.60. The van der Waals surface area contributed by atoms with E-state index in [1.807, 2.05) is 6.92 Å². The average molecular weight is 579 g/mol. The lowest BCUT2D eigenvalue weighted by Crippen LogP contribution is -2.39. The lowest BCUT2D eigenvalue weighted by Gasteiger charge is -2.30. The van der Waals surface area contributed by atoms with Gasteiger partial charge in [0.25, 0.3) is 5.91 Å². The maximum absolute atomic E-state index is 13.4. The maximum Gasteiger partial charge on any atom is 0.405 e. The Bertz CT molecular complexity index is 1140. The van der Waals surface area contributed by atoms with Crippen LogP contribution in [0, 0.1) is 11.8 Å².